The molecule has 8 heteroatoms. The third-order valence-corrected chi connectivity index (χ3v) is 1.87. The van der Waals surface area contributed by atoms with Crippen LogP contribution in [0, 0.1) is 0 Å². The summed E-state index contributed by atoms with van der Waals surface area (Å²) >= 11 is 0. The molecule has 0 radical (unpaired) electrons. The van der Waals surface area contributed by atoms with Crippen molar-refractivity contribution in [2.75, 3.05) is 6.54 Å². The van der Waals surface area contributed by atoms with E-state index in [1.54, 1.807) is 10.6 Å². The van der Waals surface area contributed by atoms with Crippen molar-refractivity contribution in [1.29, 1.82) is 0 Å². The van der Waals surface area contributed by atoms with Crippen LogP contribution in [0.2, 0.25) is 0 Å². The van der Waals surface area contributed by atoms with Crippen molar-refractivity contribution in [2.45, 2.75) is 20.3 Å². The number of imide groups is 1. The van der Waals surface area contributed by atoms with E-state index in [2.05, 4.69) is 0 Å². The fourth-order valence-electron chi connectivity index (χ4n) is 0.742. The standard InChI is InChI=1S/C9H12F2N2O4/c1-4(5(2)8(15)16)7(14)13-9(17)12-3-6(10)11/h6H,3H2,1-2H3,(H,15,16)(H2,12,13,14,17). The summed E-state index contributed by atoms with van der Waals surface area (Å²) in [6.45, 7) is 1.51. The van der Waals surface area contributed by atoms with Crippen LogP contribution < -0.4 is 10.6 Å². The van der Waals surface area contributed by atoms with Gasteiger partial charge in [-0.25, -0.2) is 18.4 Å². The first-order valence-electron chi connectivity index (χ1n) is 4.53. The number of carbonyl (C=O) groups is 3. The zero-order chi connectivity index (χ0) is 13.6. The number of nitrogens with one attached hydrogen (secondary N) is 2. The molecule has 0 unspecified atom stereocenters. The molecule has 0 atom stereocenters. The number of halogens is 2. The highest BCUT2D eigenvalue weighted by Crippen LogP contribution is 2.03. The Hall–Kier alpha value is -1.99. The van der Waals surface area contributed by atoms with Gasteiger partial charge in [0.25, 0.3) is 12.3 Å². The number of hydrogen-bond acceptors (Lipinski definition) is 3. The zero-order valence-corrected chi connectivity index (χ0v) is 9.21. The molecule has 0 bridgehead atoms. The van der Waals surface area contributed by atoms with Crippen molar-refractivity contribution >= 4 is 17.9 Å². The summed E-state index contributed by atoms with van der Waals surface area (Å²) in [4.78, 5) is 32.7. The van der Waals surface area contributed by atoms with Crippen LogP contribution in [0.1, 0.15) is 13.8 Å². The van der Waals surface area contributed by atoms with Crippen LogP contribution in [-0.2, 0) is 9.59 Å². The van der Waals surface area contributed by atoms with Crippen LogP contribution in [-0.4, -0.2) is 36.0 Å². The average Bonchev–Trinajstić information content (AvgIpc) is 2.23. The quantitative estimate of drug-likeness (QED) is 0.633. The smallest absolute Gasteiger partial charge is 0.331 e. The first-order valence-corrected chi connectivity index (χ1v) is 4.53. The summed E-state index contributed by atoms with van der Waals surface area (Å²) in [5.41, 5.74) is -0.408. The van der Waals surface area contributed by atoms with E-state index in [9.17, 15) is 23.2 Å². The third-order valence-electron chi connectivity index (χ3n) is 1.87. The van der Waals surface area contributed by atoms with E-state index in [-0.39, 0.29) is 11.1 Å². The number of urea groups is 1. The molecular weight excluding hydrogens is 238 g/mol. The molecule has 0 aromatic heterocycles. The number of alkyl halides is 2. The molecule has 0 spiro atoms. The van der Waals surface area contributed by atoms with E-state index in [1.807, 2.05) is 0 Å². The van der Waals surface area contributed by atoms with Gasteiger partial charge >= 0.3 is 12.0 Å². The van der Waals surface area contributed by atoms with Gasteiger partial charge in [-0.3, -0.25) is 10.1 Å². The van der Waals surface area contributed by atoms with Crippen LogP contribution in [0.4, 0.5) is 13.6 Å². The van der Waals surface area contributed by atoms with Crippen molar-refractivity contribution in [1.82, 2.24) is 10.6 Å². The molecule has 0 aromatic carbocycles. The third kappa shape index (κ3) is 5.59. The number of aliphatic carboxylic acids is 1. The highest BCUT2D eigenvalue weighted by atomic mass is 19.3. The van der Waals surface area contributed by atoms with E-state index in [0.717, 1.165) is 0 Å². The maximum Gasteiger partial charge on any atom is 0.331 e. The van der Waals surface area contributed by atoms with Gasteiger partial charge in [0, 0.05) is 11.1 Å². The maximum absolute atomic E-state index is 11.7. The van der Waals surface area contributed by atoms with Gasteiger partial charge < -0.3 is 10.4 Å². The molecule has 0 aliphatic rings. The van der Waals surface area contributed by atoms with Crippen molar-refractivity contribution in [3.63, 3.8) is 0 Å². The van der Waals surface area contributed by atoms with Gasteiger partial charge in [-0.05, 0) is 13.8 Å². The number of carbonyl (C=O) groups excluding carboxylic acids is 2. The molecule has 0 aliphatic carbocycles. The molecule has 0 aromatic rings. The molecule has 96 valence electrons. The molecule has 0 aliphatic heterocycles. The van der Waals surface area contributed by atoms with E-state index in [1.165, 1.54) is 13.8 Å². The Balaban J connectivity index is 4.41. The fourth-order valence-corrected chi connectivity index (χ4v) is 0.742. The molecule has 6 nitrogen and oxygen atoms in total. The largest absolute Gasteiger partial charge is 0.478 e. The Morgan fingerprint density at radius 3 is 2.12 bits per heavy atom. The SMILES string of the molecule is CC(C(=O)O)=C(C)C(=O)NC(=O)NCC(F)F. The van der Waals surface area contributed by atoms with Crippen LogP contribution in [0.3, 0.4) is 0 Å². The summed E-state index contributed by atoms with van der Waals surface area (Å²) in [5, 5.41) is 12.0. The van der Waals surface area contributed by atoms with Gasteiger partial charge in [-0.2, -0.15) is 0 Å². The van der Waals surface area contributed by atoms with Crippen LogP contribution in [0.15, 0.2) is 11.1 Å². The molecule has 0 fully saturated rings. The molecule has 0 saturated carbocycles. The van der Waals surface area contributed by atoms with E-state index in [0.29, 0.717) is 0 Å². The van der Waals surface area contributed by atoms with E-state index < -0.39 is 30.9 Å². The van der Waals surface area contributed by atoms with Crippen LogP contribution in [0.25, 0.3) is 0 Å². The minimum atomic E-state index is -2.73. The van der Waals surface area contributed by atoms with Gasteiger partial charge in [0.15, 0.2) is 0 Å². The summed E-state index contributed by atoms with van der Waals surface area (Å²) in [5.74, 6) is -2.25. The Kier molecular flexibility index (Phi) is 5.79. The molecular formula is C9H12F2N2O4. The molecule has 3 amide bonds. The second kappa shape index (κ2) is 6.56. The monoisotopic (exact) mass is 250 g/mol. The zero-order valence-electron chi connectivity index (χ0n) is 9.21. The van der Waals surface area contributed by atoms with Gasteiger partial charge in [0.1, 0.15) is 0 Å². The lowest BCUT2D eigenvalue weighted by Crippen LogP contribution is -2.41. The second-order valence-electron chi connectivity index (χ2n) is 3.11. The van der Waals surface area contributed by atoms with Crippen molar-refractivity contribution in [3.05, 3.63) is 11.1 Å². The number of carboxylic acids is 1. The summed E-state index contributed by atoms with van der Waals surface area (Å²) in [6, 6.07) is -1.10. The fraction of sp³-hybridized carbons (Fsp3) is 0.444. The molecule has 0 rings (SSSR count). The number of carboxylic acid groups (broad SMARTS) is 1. The Labute approximate surface area is 95.7 Å². The average molecular weight is 250 g/mol. The maximum atomic E-state index is 11.7. The minimum absolute atomic E-state index is 0.176. The van der Waals surface area contributed by atoms with Crippen molar-refractivity contribution in [2.24, 2.45) is 0 Å². The van der Waals surface area contributed by atoms with Gasteiger partial charge in [-0.15, -0.1) is 0 Å². The van der Waals surface area contributed by atoms with Gasteiger partial charge in [-0.1, -0.05) is 0 Å². The number of amides is 3. The van der Waals surface area contributed by atoms with Gasteiger partial charge in [0.05, 0.1) is 6.54 Å². The highest BCUT2D eigenvalue weighted by molar-refractivity contribution is 6.07. The molecule has 0 saturated heterocycles. The van der Waals surface area contributed by atoms with E-state index >= 15 is 0 Å². The van der Waals surface area contributed by atoms with Gasteiger partial charge in [0.2, 0.25) is 0 Å². The Bertz CT molecular complexity index is 366. The number of hydrogen-bond donors (Lipinski definition) is 3. The lowest BCUT2D eigenvalue weighted by atomic mass is 10.1. The lowest BCUT2D eigenvalue weighted by molar-refractivity contribution is -0.133. The lowest BCUT2D eigenvalue weighted by Gasteiger charge is -2.07. The second-order valence-corrected chi connectivity index (χ2v) is 3.11. The minimum Gasteiger partial charge on any atom is -0.478 e. The summed E-state index contributed by atoms with van der Waals surface area (Å²) < 4.78 is 23.4. The first-order chi connectivity index (χ1) is 7.75. The molecule has 17 heavy (non-hydrogen) atoms. The Morgan fingerprint density at radius 1 is 1.18 bits per heavy atom. The summed E-state index contributed by atoms with van der Waals surface area (Å²) in [6.07, 6.45) is -2.73. The van der Waals surface area contributed by atoms with Crippen LogP contribution >= 0.6 is 0 Å². The summed E-state index contributed by atoms with van der Waals surface area (Å²) in [7, 11) is 0. The highest BCUT2D eigenvalue weighted by Gasteiger charge is 2.15. The van der Waals surface area contributed by atoms with Crippen molar-refractivity contribution < 1.29 is 28.3 Å². The number of rotatable bonds is 4. The predicted molar refractivity (Wildman–Crippen MR) is 53.6 cm³/mol. The normalized spacial score (nSPS) is 11.8. The first kappa shape index (κ1) is 15.0. The Morgan fingerprint density at radius 2 is 1.71 bits per heavy atom. The van der Waals surface area contributed by atoms with E-state index in [4.69, 9.17) is 5.11 Å². The van der Waals surface area contributed by atoms with Crippen LogP contribution in [0.5, 0.6) is 0 Å². The van der Waals surface area contributed by atoms with Crippen molar-refractivity contribution in [3.8, 4) is 0 Å². The topological polar surface area (TPSA) is 95.5 Å². The molecule has 0 heterocycles. The predicted octanol–water partition coefficient (Wildman–Crippen LogP) is 0.498. The molecule has 3 N–H and O–H groups in total.